The number of halogens is 1. The highest BCUT2D eigenvalue weighted by atomic mass is 79.9. The third-order valence-electron chi connectivity index (χ3n) is 4.26. The van der Waals surface area contributed by atoms with Crippen LogP contribution >= 0.6 is 15.9 Å². The molecular formula is C22H15BrN2O. The molecule has 0 aliphatic heterocycles. The lowest BCUT2D eigenvalue weighted by atomic mass is 9.97. The Balaban J connectivity index is 1.71. The van der Waals surface area contributed by atoms with Gasteiger partial charge in [0.25, 0.3) is 5.91 Å². The van der Waals surface area contributed by atoms with Crippen molar-refractivity contribution in [3.63, 3.8) is 0 Å². The van der Waals surface area contributed by atoms with Crippen molar-refractivity contribution >= 4 is 49.6 Å². The summed E-state index contributed by atoms with van der Waals surface area (Å²) < 4.78 is 0.856. The standard InChI is InChI=1S/C22H15BrN2O/c23-18-9-5-8-17(13-18)22(26)25-24-14-21-19-10-3-1-6-15(19)12-16-7-2-4-11-20(16)21/h1-14H,(H,25,26)/b24-14+. The fourth-order valence-electron chi connectivity index (χ4n) is 3.04. The molecule has 0 radical (unpaired) electrons. The summed E-state index contributed by atoms with van der Waals surface area (Å²) in [5.74, 6) is -0.243. The van der Waals surface area contributed by atoms with Crippen molar-refractivity contribution in [2.45, 2.75) is 0 Å². The van der Waals surface area contributed by atoms with Gasteiger partial charge in [0.1, 0.15) is 0 Å². The summed E-state index contributed by atoms with van der Waals surface area (Å²) in [6, 6.07) is 25.7. The Morgan fingerprint density at radius 1 is 0.846 bits per heavy atom. The summed E-state index contributed by atoms with van der Waals surface area (Å²) in [6.07, 6.45) is 1.72. The molecule has 0 saturated carbocycles. The van der Waals surface area contributed by atoms with E-state index >= 15 is 0 Å². The molecule has 4 heteroatoms. The second-order valence-electron chi connectivity index (χ2n) is 5.94. The first-order chi connectivity index (χ1) is 12.7. The van der Waals surface area contributed by atoms with Gasteiger partial charge in [-0.05, 0) is 45.8 Å². The zero-order valence-electron chi connectivity index (χ0n) is 13.8. The van der Waals surface area contributed by atoms with E-state index in [1.807, 2.05) is 36.4 Å². The van der Waals surface area contributed by atoms with Crippen LogP contribution in [0.25, 0.3) is 21.5 Å². The van der Waals surface area contributed by atoms with Gasteiger partial charge in [-0.1, -0.05) is 70.5 Å². The van der Waals surface area contributed by atoms with Crippen molar-refractivity contribution in [3.05, 3.63) is 94.5 Å². The van der Waals surface area contributed by atoms with Crippen molar-refractivity contribution in [1.29, 1.82) is 0 Å². The fourth-order valence-corrected chi connectivity index (χ4v) is 3.44. The Labute approximate surface area is 159 Å². The number of carbonyl (C=O) groups is 1. The number of benzene rings is 4. The summed E-state index contributed by atoms with van der Waals surface area (Å²) in [6.45, 7) is 0. The van der Waals surface area contributed by atoms with Crippen LogP contribution in [0.15, 0.2) is 88.4 Å². The molecule has 0 aliphatic rings. The van der Waals surface area contributed by atoms with Gasteiger partial charge >= 0.3 is 0 Å². The van der Waals surface area contributed by atoms with E-state index in [-0.39, 0.29) is 5.91 Å². The predicted molar refractivity (Wildman–Crippen MR) is 111 cm³/mol. The molecule has 0 saturated heterocycles. The van der Waals surface area contributed by atoms with Crippen LogP contribution in [-0.2, 0) is 0 Å². The van der Waals surface area contributed by atoms with Crippen molar-refractivity contribution < 1.29 is 4.79 Å². The minimum absolute atomic E-state index is 0.243. The molecule has 126 valence electrons. The number of fused-ring (bicyclic) bond motifs is 2. The molecule has 4 aromatic carbocycles. The molecule has 1 N–H and O–H groups in total. The van der Waals surface area contributed by atoms with Crippen LogP contribution in [0.4, 0.5) is 0 Å². The molecule has 0 bridgehead atoms. The number of rotatable bonds is 3. The van der Waals surface area contributed by atoms with Crippen molar-refractivity contribution in [2.24, 2.45) is 5.10 Å². The minimum Gasteiger partial charge on any atom is -0.267 e. The van der Waals surface area contributed by atoms with Crippen LogP contribution < -0.4 is 5.43 Å². The highest BCUT2D eigenvalue weighted by Crippen LogP contribution is 2.27. The largest absolute Gasteiger partial charge is 0.271 e. The van der Waals surface area contributed by atoms with E-state index < -0.39 is 0 Å². The molecule has 0 heterocycles. The van der Waals surface area contributed by atoms with E-state index in [1.54, 1.807) is 18.3 Å². The lowest BCUT2D eigenvalue weighted by Gasteiger charge is -2.08. The molecule has 26 heavy (non-hydrogen) atoms. The fraction of sp³-hybridized carbons (Fsp3) is 0. The van der Waals surface area contributed by atoms with Gasteiger partial charge in [-0.2, -0.15) is 5.10 Å². The minimum atomic E-state index is -0.243. The predicted octanol–water partition coefficient (Wildman–Crippen LogP) is 5.52. The van der Waals surface area contributed by atoms with Gasteiger partial charge < -0.3 is 0 Å². The number of hydrogen-bond acceptors (Lipinski definition) is 2. The van der Waals surface area contributed by atoms with E-state index in [2.05, 4.69) is 56.8 Å². The monoisotopic (exact) mass is 402 g/mol. The van der Waals surface area contributed by atoms with Crippen LogP contribution in [0.3, 0.4) is 0 Å². The van der Waals surface area contributed by atoms with Gasteiger partial charge in [-0.3, -0.25) is 4.79 Å². The molecule has 0 aromatic heterocycles. The highest BCUT2D eigenvalue weighted by Gasteiger charge is 2.07. The van der Waals surface area contributed by atoms with Crippen LogP contribution in [0.1, 0.15) is 15.9 Å². The Morgan fingerprint density at radius 3 is 2.15 bits per heavy atom. The van der Waals surface area contributed by atoms with Gasteiger partial charge in [0.05, 0.1) is 6.21 Å². The van der Waals surface area contributed by atoms with Crippen LogP contribution in [0.5, 0.6) is 0 Å². The van der Waals surface area contributed by atoms with E-state index in [0.717, 1.165) is 31.6 Å². The molecule has 0 fully saturated rings. The maximum atomic E-state index is 12.3. The summed E-state index contributed by atoms with van der Waals surface area (Å²) in [5, 5.41) is 8.70. The second kappa shape index (κ2) is 7.10. The zero-order valence-corrected chi connectivity index (χ0v) is 15.4. The number of carbonyl (C=O) groups excluding carboxylic acids is 1. The molecule has 0 spiro atoms. The summed E-state index contributed by atoms with van der Waals surface area (Å²) in [5.41, 5.74) is 4.16. The first kappa shape index (κ1) is 16.5. The average molecular weight is 403 g/mol. The van der Waals surface area contributed by atoms with Crippen LogP contribution in [0.2, 0.25) is 0 Å². The molecule has 0 aliphatic carbocycles. The first-order valence-corrected chi connectivity index (χ1v) is 9.01. The van der Waals surface area contributed by atoms with E-state index in [4.69, 9.17) is 0 Å². The van der Waals surface area contributed by atoms with Gasteiger partial charge in [0.15, 0.2) is 0 Å². The zero-order chi connectivity index (χ0) is 17.9. The maximum absolute atomic E-state index is 12.3. The molecule has 3 nitrogen and oxygen atoms in total. The summed E-state index contributed by atoms with van der Waals surface area (Å²) in [7, 11) is 0. The molecule has 4 aromatic rings. The van der Waals surface area contributed by atoms with Crippen molar-refractivity contribution in [3.8, 4) is 0 Å². The Kier molecular flexibility index (Phi) is 4.50. The normalized spacial score (nSPS) is 11.3. The third-order valence-corrected chi connectivity index (χ3v) is 4.75. The molecular weight excluding hydrogens is 388 g/mol. The van der Waals surface area contributed by atoms with Gasteiger partial charge in [0.2, 0.25) is 0 Å². The topological polar surface area (TPSA) is 41.5 Å². The average Bonchev–Trinajstić information content (AvgIpc) is 2.67. The number of amides is 1. The smallest absolute Gasteiger partial charge is 0.267 e. The molecule has 0 unspecified atom stereocenters. The Hall–Kier alpha value is -2.98. The van der Waals surface area contributed by atoms with Crippen LogP contribution in [-0.4, -0.2) is 12.1 Å². The van der Waals surface area contributed by atoms with Gasteiger partial charge in [-0.25, -0.2) is 5.43 Å². The lowest BCUT2D eigenvalue weighted by Crippen LogP contribution is -2.17. The Bertz CT molecular complexity index is 1100. The lowest BCUT2D eigenvalue weighted by molar-refractivity contribution is 0.0955. The number of hydrogen-bond donors (Lipinski definition) is 1. The maximum Gasteiger partial charge on any atom is 0.271 e. The summed E-state index contributed by atoms with van der Waals surface area (Å²) in [4.78, 5) is 12.3. The van der Waals surface area contributed by atoms with E-state index in [0.29, 0.717) is 5.56 Å². The molecule has 4 rings (SSSR count). The highest BCUT2D eigenvalue weighted by molar-refractivity contribution is 9.10. The van der Waals surface area contributed by atoms with Gasteiger partial charge in [-0.15, -0.1) is 0 Å². The van der Waals surface area contributed by atoms with E-state index in [1.165, 1.54) is 0 Å². The quantitative estimate of drug-likeness (QED) is 0.273. The van der Waals surface area contributed by atoms with Crippen molar-refractivity contribution in [1.82, 2.24) is 5.43 Å². The third kappa shape index (κ3) is 3.24. The first-order valence-electron chi connectivity index (χ1n) is 8.22. The number of nitrogens with one attached hydrogen (secondary N) is 1. The van der Waals surface area contributed by atoms with Crippen LogP contribution in [0, 0.1) is 0 Å². The van der Waals surface area contributed by atoms with E-state index in [9.17, 15) is 4.79 Å². The SMILES string of the molecule is O=C(N/N=C/c1c2ccccc2cc2ccccc12)c1cccc(Br)c1. The number of hydrazone groups is 1. The second-order valence-corrected chi connectivity index (χ2v) is 6.86. The summed E-state index contributed by atoms with van der Waals surface area (Å²) >= 11 is 3.37. The Morgan fingerprint density at radius 2 is 1.50 bits per heavy atom. The molecule has 1 amide bonds. The van der Waals surface area contributed by atoms with Gasteiger partial charge in [0, 0.05) is 15.6 Å². The number of nitrogens with zero attached hydrogens (tertiary/aromatic N) is 1. The molecule has 0 atom stereocenters. The van der Waals surface area contributed by atoms with Crippen molar-refractivity contribution in [2.75, 3.05) is 0 Å².